The van der Waals surface area contributed by atoms with Crippen LogP contribution in [0.3, 0.4) is 0 Å². The number of hydrogen-bond donors (Lipinski definition) is 1. The average molecular weight is 235 g/mol. The Morgan fingerprint density at radius 3 is 2.12 bits per heavy atom. The van der Waals surface area contributed by atoms with Crippen molar-refractivity contribution < 1.29 is 5.11 Å². The van der Waals surface area contributed by atoms with Crippen molar-refractivity contribution in [1.29, 1.82) is 0 Å². The summed E-state index contributed by atoms with van der Waals surface area (Å²) >= 11 is 0. The van der Waals surface area contributed by atoms with E-state index in [2.05, 4.69) is 63.9 Å². The topological polar surface area (TPSA) is 23.5 Å². The summed E-state index contributed by atoms with van der Waals surface area (Å²) in [7, 11) is 2.08. The Morgan fingerprint density at radius 2 is 1.71 bits per heavy atom. The summed E-state index contributed by atoms with van der Waals surface area (Å²) in [5, 5.41) is 9.09. The second kappa shape index (κ2) is 5.54. The molecule has 2 nitrogen and oxygen atoms in total. The Labute approximate surface area is 105 Å². The largest absolute Gasteiger partial charge is 0.396 e. The maximum absolute atomic E-state index is 9.09. The summed E-state index contributed by atoms with van der Waals surface area (Å²) in [6, 6.07) is 8.69. The summed E-state index contributed by atoms with van der Waals surface area (Å²) in [5.41, 5.74) is 2.55. The Morgan fingerprint density at radius 1 is 1.18 bits per heavy atom. The monoisotopic (exact) mass is 235 g/mol. The Balaban J connectivity index is 2.86. The predicted octanol–water partition coefficient (Wildman–Crippen LogP) is 3.41. The molecule has 0 heterocycles. The minimum Gasteiger partial charge on any atom is -0.396 e. The first-order valence-electron chi connectivity index (χ1n) is 6.33. The van der Waals surface area contributed by atoms with Crippen molar-refractivity contribution in [2.24, 2.45) is 0 Å². The lowest BCUT2D eigenvalue weighted by Crippen LogP contribution is -2.41. The molecule has 0 saturated carbocycles. The van der Waals surface area contributed by atoms with Gasteiger partial charge in [0, 0.05) is 24.9 Å². The quantitative estimate of drug-likeness (QED) is 0.845. The molecule has 0 aromatic heterocycles. The molecule has 0 atom stereocenters. The normalized spacial score (nSPS) is 11.9. The first-order valence-corrected chi connectivity index (χ1v) is 6.33. The molecule has 1 aromatic rings. The molecular weight excluding hydrogens is 210 g/mol. The smallest absolute Gasteiger partial charge is 0.0453 e. The zero-order valence-electron chi connectivity index (χ0n) is 11.7. The number of nitrogens with zero attached hydrogens (tertiary/aromatic N) is 1. The predicted molar refractivity (Wildman–Crippen MR) is 74.7 cm³/mol. The third-order valence-corrected chi connectivity index (χ3v) is 3.58. The number of aliphatic hydroxyl groups is 1. The SMILES string of the molecule is CC(C)c1ccc(N(C)C(C)(C)CCO)cc1. The van der Waals surface area contributed by atoms with Crippen LogP contribution in [0.25, 0.3) is 0 Å². The molecule has 96 valence electrons. The van der Waals surface area contributed by atoms with E-state index in [0.29, 0.717) is 5.92 Å². The Hall–Kier alpha value is -1.02. The van der Waals surface area contributed by atoms with Gasteiger partial charge in [-0.25, -0.2) is 0 Å². The zero-order valence-corrected chi connectivity index (χ0v) is 11.7. The minimum atomic E-state index is -0.0197. The second-order valence-electron chi connectivity index (χ2n) is 5.59. The number of hydrogen-bond acceptors (Lipinski definition) is 2. The van der Waals surface area contributed by atoms with Crippen LogP contribution in [0.5, 0.6) is 0 Å². The molecule has 1 aromatic carbocycles. The third kappa shape index (κ3) is 3.47. The van der Waals surface area contributed by atoms with Gasteiger partial charge in [-0.15, -0.1) is 0 Å². The van der Waals surface area contributed by atoms with E-state index in [1.165, 1.54) is 11.3 Å². The fourth-order valence-corrected chi connectivity index (χ4v) is 1.87. The van der Waals surface area contributed by atoms with Crippen molar-refractivity contribution >= 4 is 5.69 Å². The van der Waals surface area contributed by atoms with Gasteiger partial charge in [0.05, 0.1) is 0 Å². The highest BCUT2D eigenvalue weighted by atomic mass is 16.3. The standard InChI is InChI=1S/C15H25NO/c1-12(2)13-6-8-14(9-7-13)16(5)15(3,4)10-11-17/h6-9,12,17H,10-11H2,1-5H3. The zero-order chi connectivity index (χ0) is 13.1. The summed E-state index contributed by atoms with van der Waals surface area (Å²) in [6.45, 7) is 8.93. The summed E-state index contributed by atoms with van der Waals surface area (Å²) < 4.78 is 0. The first kappa shape index (κ1) is 14.0. The average Bonchev–Trinajstić information content (AvgIpc) is 2.28. The lowest BCUT2D eigenvalue weighted by molar-refractivity contribution is 0.250. The molecule has 0 radical (unpaired) electrons. The number of anilines is 1. The Kier molecular flexibility index (Phi) is 4.58. The van der Waals surface area contributed by atoms with Gasteiger partial charge in [-0.3, -0.25) is 0 Å². The van der Waals surface area contributed by atoms with Crippen LogP contribution in [0, 0.1) is 0 Å². The number of benzene rings is 1. The Bertz CT molecular complexity index is 340. The molecule has 0 spiro atoms. The van der Waals surface area contributed by atoms with E-state index in [0.717, 1.165) is 6.42 Å². The number of rotatable bonds is 5. The molecule has 1 N–H and O–H groups in total. The molecular formula is C15H25NO. The van der Waals surface area contributed by atoms with Gasteiger partial charge in [-0.1, -0.05) is 26.0 Å². The van der Waals surface area contributed by atoms with Crippen molar-refractivity contribution in [2.45, 2.75) is 45.6 Å². The van der Waals surface area contributed by atoms with Crippen molar-refractivity contribution in [2.75, 3.05) is 18.6 Å². The summed E-state index contributed by atoms with van der Waals surface area (Å²) in [4.78, 5) is 2.23. The van der Waals surface area contributed by atoms with Crippen LogP contribution in [0.1, 0.15) is 45.6 Å². The molecule has 0 unspecified atom stereocenters. The molecule has 0 bridgehead atoms. The summed E-state index contributed by atoms with van der Waals surface area (Å²) in [6.07, 6.45) is 0.773. The van der Waals surface area contributed by atoms with Gasteiger partial charge in [0.1, 0.15) is 0 Å². The van der Waals surface area contributed by atoms with Gasteiger partial charge in [-0.05, 0) is 43.9 Å². The van der Waals surface area contributed by atoms with Gasteiger partial charge in [-0.2, -0.15) is 0 Å². The van der Waals surface area contributed by atoms with Crippen LogP contribution in [0.2, 0.25) is 0 Å². The van der Waals surface area contributed by atoms with E-state index in [4.69, 9.17) is 5.11 Å². The van der Waals surface area contributed by atoms with Gasteiger partial charge < -0.3 is 10.0 Å². The molecule has 0 aliphatic rings. The molecule has 0 fully saturated rings. The van der Waals surface area contributed by atoms with Crippen molar-refractivity contribution in [1.82, 2.24) is 0 Å². The fraction of sp³-hybridized carbons (Fsp3) is 0.600. The maximum atomic E-state index is 9.09. The third-order valence-electron chi connectivity index (χ3n) is 3.58. The number of aliphatic hydroxyl groups excluding tert-OH is 1. The van der Waals surface area contributed by atoms with E-state index in [9.17, 15) is 0 Å². The molecule has 17 heavy (non-hydrogen) atoms. The van der Waals surface area contributed by atoms with Crippen molar-refractivity contribution in [3.8, 4) is 0 Å². The summed E-state index contributed by atoms with van der Waals surface area (Å²) in [5.74, 6) is 0.569. The van der Waals surface area contributed by atoms with E-state index in [1.54, 1.807) is 0 Å². The van der Waals surface area contributed by atoms with Crippen molar-refractivity contribution in [3.05, 3.63) is 29.8 Å². The molecule has 0 aliphatic carbocycles. The van der Waals surface area contributed by atoms with Crippen LogP contribution in [-0.2, 0) is 0 Å². The molecule has 2 heteroatoms. The fourth-order valence-electron chi connectivity index (χ4n) is 1.87. The van der Waals surface area contributed by atoms with E-state index < -0.39 is 0 Å². The highest BCUT2D eigenvalue weighted by molar-refractivity contribution is 5.49. The molecule has 1 rings (SSSR count). The molecule has 0 aliphatic heterocycles. The highest BCUT2D eigenvalue weighted by Crippen LogP contribution is 2.26. The highest BCUT2D eigenvalue weighted by Gasteiger charge is 2.23. The van der Waals surface area contributed by atoms with Crippen LogP contribution in [0.4, 0.5) is 5.69 Å². The van der Waals surface area contributed by atoms with Crippen LogP contribution in [-0.4, -0.2) is 24.3 Å². The lowest BCUT2D eigenvalue weighted by Gasteiger charge is -2.37. The molecule has 0 amide bonds. The first-order chi connectivity index (χ1) is 7.88. The van der Waals surface area contributed by atoms with Gasteiger partial charge in [0.25, 0.3) is 0 Å². The van der Waals surface area contributed by atoms with E-state index in [1.807, 2.05) is 0 Å². The molecule has 0 saturated heterocycles. The van der Waals surface area contributed by atoms with Crippen LogP contribution >= 0.6 is 0 Å². The maximum Gasteiger partial charge on any atom is 0.0453 e. The second-order valence-corrected chi connectivity index (χ2v) is 5.59. The van der Waals surface area contributed by atoms with E-state index >= 15 is 0 Å². The van der Waals surface area contributed by atoms with Gasteiger partial charge >= 0.3 is 0 Å². The van der Waals surface area contributed by atoms with Gasteiger partial charge in [0.15, 0.2) is 0 Å². The van der Waals surface area contributed by atoms with Crippen LogP contribution in [0.15, 0.2) is 24.3 Å². The van der Waals surface area contributed by atoms with Gasteiger partial charge in [0.2, 0.25) is 0 Å². The van der Waals surface area contributed by atoms with E-state index in [-0.39, 0.29) is 12.1 Å². The minimum absolute atomic E-state index is 0.0197. The lowest BCUT2D eigenvalue weighted by atomic mass is 9.97. The van der Waals surface area contributed by atoms with Crippen LogP contribution < -0.4 is 4.90 Å². The van der Waals surface area contributed by atoms with Crippen molar-refractivity contribution in [3.63, 3.8) is 0 Å².